The molecule has 0 N–H and O–H groups in total. The zero-order valence-electron chi connectivity index (χ0n) is 10.4. The highest BCUT2D eigenvalue weighted by Gasteiger charge is 2.20. The van der Waals surface area contributed by atoms with Crippen LogP contribution in [0.4, 0.5) is 0 Å². The molecule has 2 aromatic rings. The predicted molar refractivity (Wildman–Crippen MR) is 74.1 cm³/mol. The first-order valence-corrected chi connectivity index (χ1v) is 7.05. The molecule has 0 fully saturated rings. The highest BCUT2D eigenvalue weighted by Crippen LogP contribution is 2.43. The summed E-state index contributed by atoms with van der Waals surface area (Å²) in [6, 6.07) is 12.4. The van der Waals surface area contributed by atoms with Crippen LogP contribution in [-0.4, -0.2) is 13.4 Å². The number of thioether (sulfide) groups is 1. The molecule has 1 heterocycles. The second-order valence-electron chi connectivity index (χ2n) is 4.20. The number of ether oxygens (including phenoxy) is 2. The van der Waals surface area contributed by atoms with Gasteiger partial charge in [0, 0.05) is 16.9 Å². The van der Waals surface area contributed by atoms with E-state index in [4.69, 9.17) is 9.47 Å². The maximum Gasteiger partial charge on any atom is 0.172 e. The summed E-state index contributed by atoms with van der Waals surface area (Å²) in [5.41, 5.74) is 2.41. The summed E-state index contributed by atoms with van der Waals surface area (Å²) in [6.07, 6.45) is 2.97. The quantitative estimate of drug-likeness (QED) is 0.644. The number of hydrogen-bond acceptors (Lipinski definition) is 3. The van der Waals surface area contributed by atoms with E-state index in [1.54, 1.807) is 18.9 Å². The zero-order valence-corrected chi connectivity index (χ0v) is 11.2. The topological polar surface area (TPSA) is 18.5 Å². The fraction of sp³-hybridized carbons (Fsp3) is 0.200. The smallest absolute Gasteiger partial charge is 0.172 e. The number of rotatable bonds is 2. The molecule has 18 heavy (non-hydrogen) atoms. The van der Waals surface area contributed by atoms with Gasteiger partial charge in [-0.25, -0.2) is 0 Å². The van der Waals surface area contributed by atoms with Crippen LogP contribution in [0.25, 0.3) is 0 Å². The van der Waals surface area contributed by atoms with Crippen molar-refractivity contribution in [1.82, 2.24) is 0 Å². The summed E-state index contributed by atoms with van der Waals surface area (Å²) >= 11 is 1.72. The molecule has 2 nitrogen and oxygen atoms in total. The van der Waals surface area contributed by atoms with E-state index in [9.17, 15) is 0 Å². The summed E-state index contributed by atoms with van der Waals surface area (Å²) in [4.78, 5) is 1.21. The summed E-state index contributed by atoms with van der Waals surface area (Å²) in [5, 5.41) is 0. The number of benzene rings is 2. The Balaban J connectivity index is 2.06. The third kappa shape index (κ3) is 1.85. The first-order chi connectivity index (χ1) is 8.81. The number of hydrogen-bond donors (Lipinski definition) is 0. The predicted octanol–water partition coefficient (Wildman–Crippen LogP) is 4.11. The molecule has 0 aliphatic carbocycles. The first kappa shape index (κ1) is 11.5. The SMILES string of the molecule is COc1cccc2c1Oc1cc(SC)ccc1C2. The van der Waals surface area contributed by atoms with Crippen LogP contribution in [0, 0.1) is 0 Å². The van der Waals surface area contributed by atoms with E-state index in [0.717, 1.165) is 23.7 Å². The van der Waals surface area contributed by atoms with Crippen molar-refractivity contribution in [3.8, 4) is 17.2 Å². The second kappa shape index (κ2) is 4.58. The van der Waals surface area contributed by atoms with Crippen molar-refractivity contribution < 1.29 is 9.47 Å². The third-order valence-electron chi connectivity index (χ3n) is 3.15. The van der Waals surface area contributed by atoms with Gasteiger partial charge in [0.15, 0.2) is 11.5 Å². The van der Waals surface area contributed by atoms with Crippen LogP contribution in [0.1, 0.15) is 11.1 Å². The van der Waals surface area contributed by atoms with Crippen LogP contribution < -0.4 is 9.47 Å². The van der Waals surface area contributed by atoms with Crippen LogP contribution in [-0.2, 0) is 6.42 Å². The lowest BCUT2D eigenvalue weighted by atomic mass is 10.00. The largest absolute Gasteiger partial charge is 0.493 e. The third-order valence-corrected chi connectivity index (χ3v) is 3.87. The van der Waals surface area contributed by atoms with Crippen molar-refractivity contribution in [1.29, 1.82) is 0 Å². The van der Waals surface area contributed by atoms with E-state index < -0.39 is 0 Å². The van der Waals surface area contributed by atoms with E-state index in [2.05, 4.69) is 30.5 Å². The van der Waals surface area contributed by atoms with Crippen molar-refractivity contribution in [2.45, 2.75) is 11.3 Å². The van der Waals surface area contributed by atoms with Crippen LogP contribution >= 0.6 is 11.8 Å². The Hall–Kier alpha value is -1.61. The normalized spacial score (nSPS) is 12.3. The molecule has 92 valence electrons. The molecule has 2 aromatic carbocycles. The number of para-hydroxylation sites is 1. The molecule has 0 unspecified atom stereocenters. The molecule has 0 bridgehead atoms. The Morgan fingerprint density at radius 2 is 2.06 bits per heavy atom. The van der Waals surface area contributed by atoms with Gasteiger partial charge in [-0.2, -0.15) is 0 Å². The minimum Gasteiger partial charge on any atom is -0.493 e. The van der Waals surface area contributed by atoms with Gasteiger partial charge in [0.1, 0.15) is 5.75 Å². The van der Waals surface area contributed by atoms with E-state index in [1.807, 2.05) is 12.1 Å². The van der Waals surface area contributed by atoms with Crippen molar-refractivity contribution in [2.75, 3.05) is 13.4 Å². The van der Waals surface area contributed by atoms with Crippen molar-refractivity contribution in [2.24, 2.45) is 0 Å². The van der Waals surface area contributed by atoms with Crippen LogP contribution in [0.3, 0.4) is 0 Å². The molecule has 0 aromatic heterocycles. The monoisotopic (exact) mass is 258 g/mol. The molecule has 0 radical (unpaired) electrons. The average Bonchev–Trinajstić information content (AvgIpc) is 2.43. The Kier molecular flexibility index (Phi) is 2.92. The van der Waals surface area contributed by atoms with E-state index in [0.29, 0.717) is 0 Å². The summed E-state index contributed by atoms with van der Waals surface area (Å²) in [6.45, 7) is 0. The van der Waals surface area contributed by atoms with E-state index >= 15 is 0 Å². The van der Waals surface area contributed by atoms with Gasteiger partial charge in [0.2, 0.25) is 0 Å². The van der Waals surface area contributed by atoms with Crippen molar-refractivity contribution in [3.63, 3.8) is 0 Å². The maximum absolute atomic E-state index is 6.00. The molecule has 0 amide bonds. The van der Waals surface area contributed by atoms with Crippen molar-refractivity contribution >= 4 is 11.8 Å². The van der Waals surface area contributed by atoms with Crippen molar-refractivity contribution in [3.05, 3.63) is 47.5 Å². The van der Waals surface area contributed by atoms with E-state index in [1.165, 1.54) is 16.0 Å². The van der Waals surface area contributed by atoms with Crippen LogP contribution in [0.15, 0.2) is 41.3 Å². The van der Waals surface area contributed by atoms with Gasteiger partial charge in [-0.1, -0.05) is 18.2 Å². The van der Waals surface area contributed by atoms with Gasteiger partial charge in [0.05, 0.1) is 7.11 Å². The fourth-order valence-electron chi connectivity index (χ4n) is 2.20. The van der Waals surface area contributed by atoms with Gasteiger partial charge < -0.3 is 9.47 Å². The lowest BCUT2D eigenvalue weighted by Crippen LogP contribution is -2.04. The molecule has 3 heteroatoms. The second-order valence-corrected chi connectivity index (χ2v) is 5.08. The minimum absolute atomic E-state index is 0.799. The molecular weight excluding hydrogens is 244 g/mol. The number of fused-ring (bicyclic) bond motifs is 2. The Morgan fingerprint density at radius 3 is 2.83 bits per heavy atom. The van der Waals surface area contributed by atoms with Crippen LogP contribution in [0.5, 0.6) is 17.2 Å². The van der Waals surface area contributed by atoms with Gasteiger partial charge >= 0.3 is 0 Å². The lowest BCUT2D eigenvalue weighted by Gasteiger charge is -2.22. The highest BCUT2D eigenvalue weighted by atomic mass is 32.2. The zero-order chi connectivity index (χ0) is 12.5. The molecule has 0 saturated heterocycles. The van der Waals surface area contributed by atoms with Gasteiger partial charge in [-0.3, -0.25) is 0 Å². The Morgan fingerprint density at radius 1 is 1.17 bits per heavy atom. The molecule has 0 spiro atoms. The van der Waals surface area contributed by atoms with Gasteiger partial charge in [-0.15, -0.1) is 11.8 Å². The minimum atomic E-state index is 0.799. The standard InChI is InChI=1S/C15H14O2S/c1-16-13-5-3-4-11-8-10-6-7-12(18-2)9-14(10)17-15(11)13/h3-7,9H,8H2,1-2H3. The van der Waals surface area contributed by atoms with Gasteiger partial charge in [-0.05, 0) is 30.0 Å². The summed E-state index contributed by atoms with van der Waals surface area (Å²) in [7, 11) is 1.67. The molecular formula is C15H14O2S. The molecule has 0 saturated carbocycles. The molecule has 1 aliphatic rings. The maximum atomic E-state index is 6.00. The van der Waals surface area contributed by atoms with E-state index in [-0.39, 0.29) is 0 Å². The van der Waals surface area contributed by atoms with Gasteiger partial charge in [0.25, 0.3) is 0 Å². The summed E-state index contributed by atoms with van der Waals surface area (Å²) < 4.78 is 11.4. The first-order valence-electron chi connectivity index (χ1n) is 5.82. The summed E-state index contributed by atoms with van der Waals surface area (Å²) in [5.74, 6) is 2.59. The Bertz CT molecular complexity index is 593. The number of methoxy groups -OCH3 is 1. The highest BCUT2D eigenvalue weighted by molar-refractivity contribution is 7.98. The molecule has 1 aliphatic heterocycles. The average molecular weight is 258 g/mol. The molecule has 3 rings (SSSR count). The fourth-order valence-corrected chi connectivity index (χ4v) is 2.62. The van der Waals surface area contributed by atoms with Crippen LogP contribution in [0.2, 0.25) is 0 Å². The lowest BCUT2D eigenvalue weighted by molar-refractivity contribution is 0.371. The molecule has 0 atom stereocenters. The Labute approximate surface area is 111 Å².